The highest BCUT2D eigenvalue weighted by atomic mass is 35.5. The molecule has 0 spiro atoms. The zero-order valence-corrected chi connectivity index (χ0v) is 14.1. The molecule has 0 saturated heterocycles. The van der Waals surface area contributed by atoms with Gasteiger partial charge in [-0.3, -0.25) is 0 Å². The molecule has 3 atom stereocenters. The minimum atomic E-state index is -0.501. The van der Waals surface area contributed by atoms with Crippen molar-refractivity contribution in [1.82, 2.24) is 9.55 Å². The number of aromatic nitrogens is 2. The molecule has 1 aromatic heterocycles. The van der Waals surface area contributed by atoms with Gasteiger partial charge in [0.2, 0.25) is 5.95 Å². The lowest BCUT2D eigenvalue weighted by molar-refractivity contribution is 0.133. The van der Waals surface area contributed by atoms with E-state index in [1.807, 2.05) is 10.6 Å². The normalized spacial score (nSPS) is 27.7. The highest BCUT2D eigenvalue weighted by Gasteiger charge is 2.37. The fourth-order valence-electron chi connectivity index (χ4n) is 3.46. The summed E-state index contributed by atoms with van der Waals surface area (Å²) in [6, 6.07) is 3.90. The number of imidazole rings is 1. The molecule has 2 fully saturated rings. The summed E-state index contributed by atoms with van der Waals surface area (Å²) < 4.78 is 2.04. The summed E-state index contributed by atoms with van der Waals surface area (Å²) in [5, 5.41) is 24.3. The van der Waals surface area contributed by atoms with E-state index in [2.05, 4.69) is 10.3 Å². The summed E-state index contributed by atoms with van der Waals surface area (Å²) in [6.45, 7) is 0.0954. The number of aliphatic hydroxyl groups excluding tert-OH is 2. The lowest BCUT2D eigenvalue weighted by Crippen LogP contribution is -2.21. The van der Waals surface area contributed by atoms with Crippen LogP contribution in [0.5, 0.6) is 0 Å². The number of nitrogens with one attached hydrogen (secondary N) is 1. The molecule has 3 N–H and O–H groups in total. The fraction of sp³-hybridized carbons (Fsp3) is 0.562. The molecule has 0 amide bonds. The van der Waals surface area contributed by atoms with Crippen molar-refractivity contribution < 1.29 is 10.2 Å². The van der Waals surface area contributed by atoms with E-state index in [0.29, 0.717) is 22.5 Å². The van der Waals surface area contributed by atoms with Gasteiger partial charge in [-0.2, -0.15) is 0 Å². The Morgan fingerprint density at radius 3 is 2.61 bits per heavy atom. The topological polar surface area (TPSA) is 70.3 Å². The highest BCUT2D eigenvalue weighted by molar-refractivity contribution is 6.42. The Labute approximate surface area is 144 Å². The van der Waals surface area contributed by atoms with Crippen molar-refractivity contribution in [3.8, 4) is 0 Å². The Morgan fingerprint density at radius 1 is 1.22 bits per heavy atom. The van der Waals surface area contributed by atoms with Gasteiger partial charge in [0.15, 0.2) is 0 Å². The molecule has 1 aromatic carbocycles. The second-order valence-corrected chi connectivity index (χ2v) is 7.45. The average Bonchev–Trinajstić information content (AvgIpc) is 3.16. The van der Waals surface area contributed by atoms with E-state index in [1.54, 1.807) is 6.07 Å². The predicted octanol–water partition coefficient (Wildman–Crippen LogP) is 3.22. The summed E-state index contributed by atoms with van der Waals surface area (Å²) in [5.41, 5.74) is 1.63. The molecule has 4 rings (SSSR count). The van der Waals surface area contributed by atoms with Gasteiger partial charge >= 0.3 is 0 Å². The summed E-state index contributed by atoms with van der Waals surface area (Å²) in [5.74, 6) is 0.868. The van der Waals surface area contributed by atoms with Crippen LogP contribution in [0.1, 0.15) is 31.7 Å². The maximum Gasteiger partial charge on any atom is 0.204 e. The lowest BCUT2D eigenvalue weighted by Gasteiger charge is -2.20. The van der Waals surface area contributed by atoms with E-state index in [1.165, 1.54) is 0 Å². The van der Waals surface area contributed by atoms with Gasteiger partial charge in [-0.15, -0.1) is 0 Å². The Balaban J connectivity index is 1.82. The zero-order chi connectivity index (χ0) is 16.1. The molecule has 5 nitrogen and oxygen atoms in total. The van der Waals surface area contributed by atoms with Crippen molar-refractivity contribution in [2.24, 2.45) is 5.92 Å². The van der Waals surface area contributed by atoms with Crippen LogP contribution in [0.4, 0.5) is 5.95 Å². The number of hydrogen-bond donors (Lipinski definition) is 3. The number of hydrogen-bond acceptors (Lipinski definition) is 4. The van der Waals surface area contributed by atoms with Gasteiger partial charge in [0, 0.05) is 12.6 Å². The molecule has 0 bridgehead atoms. The molecule has 2 saturated carbocycles. The zero-order valence-electron chi connectivity index (χ0n) is 12.5. The number of benzene rings is 1. The molecular formula is C16H19Cl2N3O2. The van der Waals surface area contributed by atoms with Crippen molar-refractivity contribution in [2.75, 3.05) is 11.9 Å². The van der Waals surface area contributed by atoms with E-state index >= 15 is 0 Å². The number of rotatable bonds is 4. The van der Waals surface area contributed by atoms with E-state index in [-0.39, 0.29) is 18.6 Å². The first-order chi connectivity index (χ1) is 11.1. The third-order valence-corrected chi connectivity index (χ3v) is 5.55. The number of nitrogens with zero attached hydrogens (tertiary/aromatic N) is 2. The molecule has 3 unspecified atom stereocenters. The first kappa shape index (κ1) is 15.5. The van der Waals surface area contributed by atoms with Crippen LogP contribution in [0.25, 0.3) is 11.0 Å². The largest absolute Gasteiger partial charge is 0.396 e. The molecule has 124 valence electrons. The van der Waals surface area contributed by atoms with Crippen LogP contribution < -0.4 is 5.32 Å². The van der Waals surface area contributed by atoms with Crippen LogP contribution in [0, 0.1) is 5.92 Å². The van der Waals surface area contributed by atoms with Crippen molar-refractivity contribution in [1.29, 1.82) is 0 Å². The van der Waals surface area contributed by atoms with Gasteiger partial charge in [-0.05, 0) is 43.7 Å². The van der Waals surface area contributed by atoms with Crippen molar-refractivity contribution in [3.63, 3.8) is 0 Å². The first-order valence-corrected chi connectivity index (χ1v) is 8.75. The lowest BCUT2D eigenvalue weighted by atomic mass is 10.1. The van der Waals surface area contributed by atoms with Crippen LogP contribution >= 0.6 is 23.2 Å². The van der Waals surface area contributed by atoms with Gasteiger partial charge in [0.05, 0.1) is 33.2 Å². The maximum atomic E-state index is 10.5. The smallest absolute Gasteiger partial charge is 0.204 e. The molecule has 0 radical (unpaired) electrons. The number of aliphatic hydroxyl groups is 2. The minimum absolute atomic E-state index is 0.0954. The van der Waals surface area contributed by atoms with E-state index < -0.39 is 6.10 Å². The Kier molecular flexibility index (Phi) is 3.92. The van der Waals surface area contributed by atoms with Crippen molar-refractivity contribution in [3.05, 3.63) is 22.2 Å². The SMILES string of the molecule is OCC1CC(O)C(n2c(NC3CC3)nc3cc(Cl)c(Cl)cc32)C1. The molecule has 0 aliphatic heterocycles. The van der Waals surface area contributed by atoms with Crippen molar-refractivity contribution >= 4 is 40.2 Å². The van der Waals surface area contributed by atoms with Crippen molar-refractivity contribution in [2.45, 2.75) is 43.9 Å². The Bertz CT molecular complexity index is 744. The summed E-state index contributed by atoms with van der Waals surface area (Å²) in [4.78, 5) is 4.66. The van der Waals surface area contributed by atoms with Gasteiger partial charge in [-0.25, -0.2) is 4.98 Å². The highest BCUT2D eigenvalue weighted by Crippen LogP contribution is 2.41. The number of fused-ring (bicyclic) bond motifs is 1. The molecule has 1 heterocycles. The predicted molar refractivity (Wildman–Crippen MR) is 91.3 cm³/mol. The van der Waals surface area contributed by atoms with Crippen LogP contribution in [0.3, 0.4) is 0 Å². The molecule has 2 aliphatic carbocycles. The third-order valence-electron chi connectivity index (χ3n) is 4.83. The number of halogens is 2. The molecule has 2 aliphatic rings. The monoisotopic (exact) mass is 355 g/mol. The van der Waals surface area contributed by atoms with Gasteiger partial charge in [0.25, 0.3) is 0 Å². The number of anilines is 1. The van der Waals surface area contributed by atoms with Crippen LogP contribution in [-0.2, 0) is 0 Å². The molecule has 23 heavy (non-hydrogen) atoms. The third kappa shape index (κ3) is 2.80. The van der Waals surface area contributed by atoms with E-state index in [0.717, 1.165) is 36.2 Å². The standard InChI is InChI=1S/C16H19Cl2N3O2/c17-10-5-12-13(6-11(10)18)21(16(20-12)19-9-1-2-9)14-3-8(7-22)4-15(14)23/h5-6,8-9,14-15,22-23H,1-4,7H2,(H,19,20). The quantitative estimate of drug-likeness (QED) is 0.787. The van der Waals surface area contributed by atoms with E-state index in [9.17, 15) is 10.2 Å². The van der Waals surface area contributed by atoms with E-state index in [4.69, 9.17) is 23.2 Å². The summed E-state index contributed by atoms with van der Waals surface area (Å²) in [7, 11) is 0. The molecule has 7 heteroatoms. The van der Waals surface area contributed by atoms with Crippen LogP contribution in [0.2, 0.25) is 10.0 Å². The Hall–Kier alpha value is -1.01. The summed E-state index contributed by atoms with van der Waals surface area (Å²) >= 11 is 12.3. The van der Waals surface area contributed by atoms with Crippen LogP contribution in [-0.4, -0.2) is 38.5 Å². The van der Waals surface area contributed by atoms with Gasteiger partial charge in [0.1, 0.15) is 0 Å². The second kappa shape index (κ2) is 5.81. The van der Waals surface area contributed by atoms with Crippen LogP contribution in [0.15, 0.2) is 12.1 Å². The average molecular weight is 356 g/mol. The fourth-order valence-corrected chi connectivity index (χ4v) is 3.77. The Morgan fingerprint density at radius 2 is 1.96 bits per heavy atom. The second-order valence-electron chi connectivity index (χ2n) is 6.63. The minimum Gasteiger partial charge on any atom is -0.396 e. The summed E-state index contributed by atoms with van der Waals surface area (Å²) in [6.07, 6.45) is 3.10. The molecule has 2 aromatic rings. The molecular weight excluding hydrogens is 337 g/mol. The first-order valence-electron chi connectivity index (χ1n) is 7.99. The van der Waals surface area contributed by atoms with Gasteiger partial charge in [-0.1, -0.05) is 23.2 Å². The maximum absolute atomic E-state index is 10.5. The van der Waals surface area contributed by atoms with Gasteiger partial charge < -0.3 is 20.1 Å².